The number of fused-ring (bicyclic) bond motifs is 5. The van der Waals surface area contributed by atoms with Crippen LogP contribution in [0.5, 0.6) is 5.75 Å². The third kappa shape index (κ3) is 2.68. The molecule has 0 fully saturated rings. The molecule has 0 radical (unpaired) electrons. The molecule has 4 rings (SSSR count). The van der Waals surface area contributed by atoms with Gasteiger partial charge in [0.25, 0.3) is 0 Å². The van der Waals surface area contributed by atoms with Crippen LogP contribution < -0.4 is 4.74 Å². The molecule has 0 spiro atoms. The van der Waals surface area contributed by atoms with Gasteiger partial charge in [0.05, 0.1) is 36.1 Å². The van der Waals surface area contributed by atoms with Gasteiger partial charge in [0.1, 0.15) is 17.8 Å². The first-order chi connectivity index (χ1) is 12.0. The van der Waals surface area contributed by atoms with E-state index in [0.29, 0.717) is 6.42 Å². The summed E-state index contributed by atoms with van der Waals surface area (Å²) in [5.41, 5.74) is 4.66. The summed E-state index contributed by atoms with van der Waals surface area (Å²) in [5.74, 6) is 7.29. The first-order valence-electron chi connectivity index (χ1n) is 8.14. The number of hydrogen-bond donors (Lipinski definition) is 0. The molecule has 6 heteroatoms. The van der Waals surface area contributed by atoms with Gasteiger partial charge in [-0.05, 0) is 38.8 Å². The van der Waals surface area contributed by atoms with Crippen LogP contribution in [0.25, 0.3) is 11.4 Å². The molecule has 0 amide bonds. The highest BCUT2D eigenvalue weighted by Crippen LogP contribution is 2.31. The Hall–Kier alpha value is -3.07. The number of aromatic nitrogens is 5. The maximum atomic E-state index is 5.37. The van der Waals surface area contributed by atoms with Crippen molar-refractivity contribution < 1.29 is 4.74 Å². The van der Waals surface area contributed by atoms with E-state index in [9.17, 15) is 0 Å². The Morgan fingerprint density at radius 3 is 2.80 bits per heavy atom. The zero-order valence-corrected chi connectivity index (χ0v) is 14.7. The van der Waals surface area contributed by atoms with E-state index in [-0.39, 0.29) is 5.41 Å². The zero-order chi connectivity index (χ0) is 17.6. The van der Waals surface area contributed by atoms with Gasteiger partial charge in [0.15, 0.2) is 0 Å². The molecule has 3 heterocycles. The first-order valence-corrected chi connectivity index (χ1v) is 8.14. The highest BCUT2D eigenvalue weighted by Gasteiger charge is 2.23. The molecule has 2 aromatic heterocycles. The molecular formula is C19H19N5O. The van der Waals surface area contributed by atoms with Crippen LogP contribution in [0.4, 0.5) is 0 Å². The molecule has 0 N–H and O–H groups in total. The lowest BCUT2D eigenvalue weighted by Gasteiger charge is -2.11. The van der Waals surface area contributed by atoms with Crippen LogP contribution in [0, 0.1) is 17.3 Å². The predicted octanol–water partition coefficient (Wildman–Crippen LogP) is 2.76. The van der Waals surface area contributed by atoms with E-state index >= 15 is 0 Å². The van der Waals surface area contributed by atoms with Crippen LogP contribution in [-0.2, 0) is 6.42 Å². The summed E-state index contributed by atoms with van der Waals surface area (Å²) >= 11 is 0. The summed E-state index contributed by atoms with van der Waals surface area (Å²) in [6, 6.07) is 5.91. The molecular weight excluding hydrogens is 314 g/mol. The molecule has 1 aromatic carbocycles. The van der Waals surface area contributed by atoms with Crippen LogP contribution in [0.1, 0.15) is 37.9 Å². The predicted molar refractivity (Wildman–Crippen MR) is 94.2 cm³/mol. The number of rotatable bonds is 1. The third-order valence-electron chi connectivity index (χ3n) is 4.06. The summed E-state index contributed by atoms with van der Waals surface area (Å²) in [7, 11) is 1.66. The fourth-order valence-electron chi connectivity index (χ4n) is 2.86. The van der Waals surface area contributed by atoms with Crippen LogP contribution in [0.2, 0.25) is 0 Å². The maximum absolute atomic E-state index is 5.37. The minimum absolute atomic E-state index is 0.0736. The quantitative estimate of drug-likeness (QED) is 0.503. The SMILES string of the molecule is COc1ccc2c(c1)-n1nncc1Cc1c(C#CC(C)(C)C)ncn1-2. The molecule has 0 bridgehead atoms. The van der Waals surface area contributed by atoms with Crippen molar-refractivity contribution in [3.8, 4) is 29.0 Å². The minimum Gasteiger partial charge on any atom is -0.497 e. The summed E-state index contributed by atoms with van der Waals surface area (Å²) in [5, 5.41) is 8.33. The molecule has 3 aromatic rings. The zero-order valence-electron chi connectivity index (χ0n) is 14.7. The van der Waals surface area contributed by atoms with E-state index in [4.69, 9.17) is 4.74 Å². The van der Waals surface area contributed by atoms with Crippen molar-refractivity contribution in [1.29, 1.82) is 0 Å². The maximum Gasteiger partial charge on any atom is 0.135 e. The van der Waals surface area contributed by atoms with E-state index < -0.39 is 0 Å². The number of hydrogen-bond acceptors (Lipinski definition) is 4. The second-order valence-electron chi connectivity index (χ2n) is 7.08. The molecule has 6 nitrogen and oxygen atoms in total. The minimum atomic E-state index is -0.0736. The number of imidazole rings is 1. The monoisotopic (exact) mass is 333 g/mol. The van der Waals surface area contributed by atoms with E-state index in [1.54, 1.807) is 13.3 Å². The number of nitrogens with zero attached hydrogens (tertiary/aromatic N) is 5. The Kier molecular flexibility index (Phi) is 3.39. The Morgan fingerprint density at radius 1 is 1.20 bits per heavy atom. The van der Waals surface area contributed by atoms with Gasteiger partial charge in [-0.15, -0.1) is 5.10 Å². The molecule has 1 aliphatic rings. The lowest BCUT2D eigenvalue weighted by molar-refractivity contribution is 0.414. The normalized spacial score (nSPS) is 12.3. The van der Waals surface area contributed by atoms with E-state index in [2.05, 4.69) is 52.5 Å². The number of benzene rings is 1. The standard InChI is InChI=1S/C19H19N5O/c1-19(2,3)8-7-15-17-9-13-11-21-22-24(13)18-10-14(25-4)5-6-16(18)23(17)12-20-15/h5-6,10-12H,9H2,1-4H3. The lowest BCUT2D eigenvalue weighted by Crippen LogP contribution is -2.03. The van der Waals surface area contributed by atoms with Gasteiger partial charge in [-0.2, -0.15) is 0 Å². The molecule has 0 saturated heterocycles. The Morgan fingerprint density at radius 2 is 2.04 bits per heavy atom. The smallest absolute Gasteiger partial charge is 0.135 e. The van der Waals surface area contributed by atoms with E-state index in [1.165, 1.54) is 0 Å². The fourth-order valence-corrected chi connectivity index (χ4v) is 2.86. The van der Waals surface area contributed by atoms with E-state index in [0.717, 1.165) is 34.2 Å². The molecule has 0 saturated carbocycles. The average molecular weight is 333 g/mol. The highest BCUT2D eigenvalue weighted by atomic mass is 16.5. The van der Waals surface area contributed by atoms with Crippen LogP contribution in [0.3, 0.4) is 0 Å². The third-order valence-corrected chi connectivity index (χ3v) is 4.06. The average Bonchev–Trinajstić information content (AvgIpc) is 3.17. The second kappa shape index (κ2) is 5.49. The molecule has 126 valence electrons. The van der Waals surface area contributed by atoms with Crippen molar-refractivity contribution in [2.24, 2.45) is 5.41 Å². The highest BCUT2D eigenvalue weighted by molar-refractivity contribution is 5.59. The number of methoxy groups -OCH3 is 1. The van der Waals surface area contributed by atoms with Crippen molar-refractivity contribution in [1.82, 2.24) is 24.5 Å². The Bertz CT molecular complexity index is 1010. The van der Waals surface area contributed by atoms with Crippen molar-refractivity contribution in [2.75, 3.05) is 7.11 Å². The first kappa shape index (κ1) is 15.5. The van der Waals surface area contributed by atoms with Gasteiger partial charge in [0.2, 0.25) is 0 Å². The van der Waals surface area contributed by atoms with Crippen molar-refractivity contribution >= 4 is 0 Å². The molecule has 25 heavy (non-hydrogen) atoms. The van der Waals surface area contributed by atoms with Gasteiger partial charge in [-0.3, -0.25) is 4.57 Å². The largest absolute Gasteiger partial charge is 0.497 e. The van der Waals surface area contributed by atoms with Gasteiger partial charge >= 0.3 is 0 Å². The van der Waals surface area contributed by atoms with Gasteiger partial charge < -0.3 is 4.74 Å². The fraction of sp³-hybridized carbons (Fsp3) is 0.316. The van der Waals surface area contributed by atoms with Crippen LogP contribution >= 0.6 is 0 Å². The number of ether oxygens (including phenoxy) is 1. The Balaban J connectivity index is 1.94. The lowest BCUT2D eigenvalue weighted by atomic mass is 9.98. The van der Waals surface area contributed by atoms with Crippen molar-refractivity contribution in [3.05, 3.63) is 47.8 Å². The molecule has 0 unspecified atom stereocenters. The van der Waals surface area contributed by atoms with Crippen molar-refractivity contribution in [2.45, 2.75) is 27.2 Å². The van der Waals surface area contributed by atoms with Crippen LogP contribution in [-0.4, -0.2) is 31.7 Å². The van der Waals surface area contributed by atoms with Gasteiger partial charge in [-0.1, -0.05) is 11.1 Å². The molecule has 1 aliphatic heterocycles. The Labute approximate surface area is 146 Å². The molecule has 0 atom stereocenters. The van der Waals surface area contributed by atoms with Crippen LogP contribution in [0.15, 0.2) is 30.7 Å². The summed E-state index contributed by atoms with van der Waals surface area (Å²) in [4.78, 5) is 4.55. The molecule has 0 aliphatic carbocycles. The second-order valence-corrected chi connectivity index (χ2v) is 7.08. The summed E-state index contributed by atoms with van der Waals surface area (Å²) in [6.07, 6.45) is 4.28. The van der Waals surface area contributed by atoms with Gasteiger partial charge in [-0.25, -0.2) is 9.67 Å². The summed E-state index contributed by atoms with van der Waals surface area (Å²) in [6.45, 7) is 6.28. The van der Waals surface area contributed by atoms with E-state index in [1.807, 2.05) is 29.2 Å². The van der Waals surface area contributed by atoms with Gasteiger partial charge in [0, 0.05) is 17.9 Å². The summed E-state index contributed by atoms with van der Waals surface area (Å²) < 4.78 is 9.31. The topological polar surface area (TPSA) is 57.8 Å². The van der Waals surface area contributed by atoms with Crippen molar-refractivity contribution in [3.63, 3.8) is 0 Å².